The first-order valence-corrected chi connectivity index (χ1v) is 9.80. The fourth-order valence-corrected chi connectivity index (χ4v) is 4.14. The van der Waals surface area contributed by atoms with Crippen LogP contribution in [0.5, 0.6) is 0 Å². The van der Waals surface area contributed by atoms with E-state index >= 15 is 0 Å². The minimum atomic E-state index is -3.73. The van der Waals surface area contributed by atoms with Gasteiger partial charge in [-0.2, -0.15) is 4.98 Å². The summed E-state index contributed by atoms with van der Waals surface area (Å²) in [7, 11) is -3.73. The molecule has 2 aliphatic rings. The number of nitrogens with zero attached hydrogens (tertiary/aromatic N) is 2. The molecule has 1 saturated heterocycles. The monoisotopic (exact) mass is 369 g/mol. The molecule has 0 spiro atoms. The SMILES string of the molecule is NS(=O)(=O)c1ccc(-c2noc(-c3ccc4c(c3)C3CCC4O3)n2)cc1. The van der Waals surface area contributed by atoms with Crippen LogP contribution in [0.25, 0.3) is 22.8 Å². The number of primary sulfonamides is 1. The first kappa shape index (κ1) is 15.7. The Kier molecular flexibility index (Phi) is 3.30. The topological polar surface area (TPSA) is 108 Å². The van der Waals surface area contributed by atoms with Gasteiger partial charge in [0.05, 0.1) is 17.1 Å². The van der Waals surface area contributed by atoms with Gasteiger partial charge in [-0.05, 0) is 60.4 Å². The summed E-state index contributed by atoms with van der Waals surface area (Å²) in [5, 5.41) is 9.11. The molecule has 1 fully saturated rings. The molecular formula is C18H15N3O4S. The smallest absolute Gasteiger partial charge is 0.258 e. The molecular weight excluding hydrogens is 354 g/mol. The predicted octanol–water partition coefficient (Wildman–Crippen LogP) is 2.96. The van der Waals surface area contributed by atoms with Gasteiger partial charge >= 0.3 is 0 Å². The van der Waals surface area contributed by atoms with E-state index in [2.05, 4.69) is 22.3 Å². The van der Waals surface area contributed by atoms with Crippen molar-refractivity contribution in [1.82, 2.24) is 10.1 Å². The predicted molar refractivity (Wildman–Crippen MR) is 92.3 cm³/mol. The van der Waals surface area contributed by atoms with Gasteiger partial charge in [-0.1, -0.05) is 11.2 Å². The molecule has 132 valence electrons. The molecule has 0 radical (unpaired) electrons. The average molecular weight is 369 g/mol. The highest BCUT2D eigenvalue weighted by molar-refractivity contribution is 7.89. The third kappa shape index (κ3) is 2.45. The minimum absolute atomic E-state index is 0.0404. The van der Waals surface area contributed by atoms with E-state index < -0.39 is 10.0 Å². The van der Waals surface area contributed by atoms with Crippen molar-refractivity contribution in [3.63, 3.8) is 0 Å². The molecule has 2 unspecified atom stereocenters. The van der Waals surface area contributed by atoms with Gasteiger partial charge in [0.2, 0.25) is 15.8 Å². The van der Waals surface area contributed by atoms with Crippen LogP contribution in [0.2, 0.25) is 0 Å². The molecule has 0 saturated carbocycles. The molecule has 26 heavy (non-hydrogen) atoms. The summed E-state index contributed by atoms with van der Waals surface area (Å²) >= 11 is 0. The first-order chi connectivity index (χ1) is 12.5. The Labute approximate surface area is 149 Å². The van der Waals surface area contributed by atoms with E-state index in [1.54, 1.807) is 12.1 Å². The molecule has 2 aliphatic heterocycles. The zero-order chi connectivity index (χ0) is 17.9. The zero-order valence-electron chi connectivity index (χ0n) is 13.6. The Bertz CT molecular complexity index is 1110. The first-order valence-electron chi connectivity index (χ1n) is 8.26. The summed E-state index contributed by atoms with van der Waals surface area (Å²) < 4.78 is 34.0. The molecule has 3 aromatic rings. The maximum atomic E-state index is 11.3. The maximum absolute atomic E-state index is 11.3. The second kappa shape index (κ2) is 5.47. The van der Waals surface area contributed by atoms with Gasteiger partial charge in [-0.25, -0.2) is 13.6 Å². The lowest BCUT2D eigenvalue weighted by molar-refractivity contribution is 0.0717. The van der Waals surface area contributed by atoms with E-state index in [0.29, 0.717) is 17.3 Å². The molecule has 0 aliphatic carbocycles. The number of hydrogen-bond acceptors (Lipinski definition) is 6. The molecule has 7 nitrogen and oxygen atoms in total. The molecule has 2 atom stereocenters. The van der Waals surface area contributed by atoms with Crippen LogP contribution in [0, 0.1) is 0 Å². The lowest BCUT2D eigenvalue weighted by atomic mass is 9.90. The van der Waals surface area contributed by atoms with Crippen LogP contribution >= 0.6 is 0 Å². The van der Waals surface area contributed by atoms with Gasteiger partial charge in [-0.15, -0.1) is 0 Å². The van der Waals surface area contributed by atoms with Gasteiger partial charge in [0.1, 0.15) is 0 Å². The molecule has 1 aromatic heterocycles. The van der Waals surface area contributed by atoms with Gasteiger partial charge in [0.15, 0.2) is 0 Å². The van der Waals surface area contributed by atoms with E-state index in [4.69, 9.17) is 14.4 Å². The van der Waals surface area contributed by atoms with Gasteiger partial charge in [0.25, 0.3) is 5.89 Å². The lowest BCUT2D eigenvalue weighted by Gasteiger charge is -2.11. The number of hydrogen-bond donors (Lipinski definition) is 1. The second-order valence-corrected chi connectivity index (χ2v) is 8.09. The Morgan fingerprint density at radius 1 is 0.962 bits per heavy atom. The number of fused-ring (bicyclic) bond motifs is 5. The van der Waals surface area contributed by atoms with Crippen molar-refractivity contribution in [3.05, 3.63) is 53.6 Å². The van der Waals surface area contributed by atoms with E-state index in [1.807, 2.05) is 6.07 Å². The standard InChI is InChI=1S/C18H15N3O4S/c19-26(22,23)12-4-1-10(2-5-12)17-20-18(25-21-17)11-3-6-13-14(9-11)16-8-7-15(13)24-16/h1-6,9,15-16H,7-8H2,(H2,19,22,23). The molecule has 0 amide bonds. The van der Waals surface area contributed by atoms with Crippen molar-refractivity contribution in [1.29, 1.82) is 0 Å². The van der Waals surface area contributed by atoms with Crippen molar-refractivity contribution in [2.24, 2.45) is 5.14 Å². The quantitative estimate of drug-likeness (QED) is 0.760. The summed E-state index contributed by atoms with van der Waals surface area (Å²) in [6.07, 6.45) is 2.52. The summed E-state index contributed by atoms with van der Waals surface area (Å²) in [6.45, 7) is 0. The van der Waals surface area contributed by atoms with Crippen LogP contribution in [0.4, 0.5) is 0 Å². The van der Waals surface area contributed by atoms with Crippen LogP contribution < -0.4 is 5.14 Å². The number of ether oxygens (including phenoxy) is 1. The fourth-order valence-electron chi connectivity index (χ4n) is 3.63. The van der Waals surface area contributed by atoms with Crippen LogP contribution in [-0.2, 0) is 14.8 Å². The molecule has 3 heterocycles. The van der Waals surface area contributed by atoms with E-state index in [0.717, 1.165) is 18.4 Å². The van der Waals surface area contributed by atoms with Crippen molar-refractivity contribution in [3.8, 4) is 22.8 Å². The maximum Gasteiger partial charge on any atom is 0.258 e. The van der Waals surface area contributed by atoms with Crippen LogP contribution in [0.3, 0.4) is 0 Å². The molecule has 2 aromatic carbocycles. The summed E-state index contributed by atoms with van der Waals surface area (Å²) in [4.78, 5) is 4.47. The number of aromatic nitrogens is 2. The number of rotatable bonds is 3. The molecule has 8 heteroatoms. The van der Waals surface area contributed by atoms with Gasteiger partial charge in [0, 0.05) is 11.1 Å². The molecule has 2 bridgehead atoms. The number of nitrogens with two attached hydrogens (primary N) is 1. The second-order valence-electron chi connectivity index (χ2n) is 6.53. The van der Waals surface area contributed by atoms with E-state index in [1.165, 1.54) is 23.3 Å². The highest BCUT2D eigenvalue weighted by Crippen LogP contribution is 2.51. The number of benzene rings is 2. The molecule has 2 N–H and O–H groups in total. The summed E-state index contributed by atoms with van der Waals surface area (Å²) in [5.74, 6) is 0.806. The van der Waals surface area contributed by atoms with Crippen molar-refractivity contribution in [2.75, 3.05) is 0 Å². The summed E-state index contributed by atoms with van der Waals surface area (Å²) in [5.41, 5.74) is 3.95. The number of sulfonamides is 1. The Balaban J connectivity index is 1.47. The van der Waals surface area contributed by atoms with Crippen molar-refractivity contribution in [2.45, 2.75) is 29.9 Å². The highest BCUT2D eigenvalue weighted by atomic mass is 32.2. The van der Waals surface area contributed by atoms with Crippen LogP contribution in [0.1, 0.15) is 36.2 Å². The van der Waals surface area contributed by atoms with Crippen molar-refractivity contribution < 1.29 is 17.7 Å². The summed E-state index contributed by atoms with van der Waals surface area (Å²) in [6, 6.07) is 12.1. The lowest BCUT2D eigenvalue weighted by Crippen LogP contribution is -2.11. The zero-order valence-corrected chi connectivity index (χ0v) is 14.4. The third-order valence-electron chi connectivity index (χ3n) is 4.91. The molecule has 5 rings (SSSR count). The van der Waals surface area contributed by atoms with Crippen LogP contribution in [-0.4, -0.2) is 18.6 Å². The van der Waals surface area contributed by atoms with E-state index in [9.17, 15) is 8.42 Å². The largest absolute Gasteiger partial charge is 0.366 e. The van der Waals surface area contributed by atoms with Crippen LogP contribution in [0.15, 0.2) is 51.9 Å². The van der Waals surface area contributed by atoms with Crippen molar-refractivity contribution >= 4 is 10.0 Å². The average Bonchev–Trinajstić information content (AvgIpc) is 3.37. The highest BCUT2D eigenvalue weighted by Gasteiger charge is 2.38. The van der Waals surface area contributed by atoms with Gasteiger partial charge < -0.3 is 9.26 Å². The third-order valence-corrected chi connectivity index (χ3v) is 5.84. The Morgan fingerprint density at radius 2 is 1.65 bits per heavy atom. The normalized spacial score (nSPS) is 21.1. The van der Waals surface area contributed by atoms with E-state index in [-0.39, 0.29) is 17.1 Å². The Hall–Kier alpha value is -2.55. The van der Waals surface area contributed by atoms with Gasteiger partial charge in [-0.3, -0.25) is 0 Å². The minimum Gasteiger partial charge on any atom is -0.366 e. The Morgan fingerprint density at radius 3 is 2.38 bits per heavy atom. The fraction of sp³-hybridized carbons (Fsp3) is 0.222.